The van der Waals surface area contributed by atoms with Crippen molar-refractivity contribution < 1.29 is 4.42 Å². The van der Waals surface area contributed by atoms with Crippen molar-refractivity contribution in [1.29, 1.82) is 0 Å². The third-order valence-corrected chi connectivity index (χ3v) is 10.5. The number of furan rings is 1. The Morgan fingerprint density at radius 1 is 0.659 bits per heavy atom. The van der Waals surface area contributed by atoms with Gasteiger partial charge in [0.25, 0.3) is 0 Å². The average Bonchev–Trinajstić information content (AvgIpc) is 3.34. The number of nitrogens with zero attached hydrogens (tertiary/aromatic N) is 1. The minimum absolute atomic E-state index is 0.159. The standard InChI is InChI=1S/C39H39NO/c1-38(2)15-16-39(3,4)34-23-36-32(22-33(34)38)31-21-30-26(20-35(31)41-36)14-17-40-37(30)27-18-25-12-8-9-13-28(25)29(19-27)24-10-6-5-7-11-24/h8-9,12-14,17-24H,5-7,10-11,15-16H2,1-4H3. The van der Waals surface area contributed by atoms with Gasteiger partial charge in [-0.05, 0) is 118 Å². The maximum atomic E-state index is 6.57. The number of fused-ring (bicyclic) bond motifs is 6. The van der Waals surface area contributed by atoms with Crippen LogP contribution in [-0.2, 0) is 10.8 Å². The second kappa shape index (κ2) is 8.92. The van der Waals surface area contributed by atoms with Crippen LogP contribution in [0.3, 0.4) is 0 Å². The molecule has 0 bridgehead atoms. The number of hydrogen-bond donors (Lipinski definition) is 0. The van der Waals surface area contributed by atoms with E-state index in [0.717, 1.165) is 16.9 Å². The van der Waals surface area contributed by atoms with Gasteiger partial charge >= 0.3 is 0 Å². The van der Waals surface area contributed by atoms with Crippen molar-refractivity contribution in [2.45, 2.75) is 89.4 Å². The molecule has 0 radical (unpaired) electrons. The summed E-state index contributed by atoms with van der Waals surface area (Å²) in [6, 6.07) is 25.2. The smallest absolute Gasteiger partial charge is 0.136 e. The second-order valence-corrected chi connectivity index (χ2v) is 14.1. The molecule has 2 heterocycles. The predicted molar refractivity (Wildman–Crippen MR) is 173 cm³/mol. The first-order valence-corrected chi connectivity index (χ1v) is 15.6. The van der Waals surface area contributed by atoms with Crippen molar-refractivity contribution in [2.24, 2.45) is 0 Å². The third kappa shape index (κ3) is 3.94. The van der Waals surface area contributed by atoms with Crippen LogP contribution in [0.4, 0.5) is 0 Å². The first-order valence-electron chi connectivity index (χ1n) is 15.6. The fraction of sp³-hybridized carbons (Fsp3) is 0.359. The van der Waals surface area contributed by atoms with Crippen LogP contribution in [0.1, 0.15) is 95.2 Å². The summed E-state index contributed by atoms with van der Waals surface area (Å²) in [7, 11) is 0. The van der Waals surface area contributed by atoms with Crippen LogP contribution in [0.25, 0.3) is 54.7 Å². The molecule has 0 N–H and O–H groups in total. The summed E-state index contributed by atoms with van der Waals surface area (Å²) >= 11 is 0. The molecule has 4 aromatic carbocycles. The van der Waals surface area contributed by atoms with E-state index in [1.807, 2.05) is 6.20 Å². The van der Waals surface area contributed by atoms with E-state index >= 15 is 0 Å². The normalized spacial score (nSPS) is 18.8. The van der Waals surface area contributed by atoms with E-state index in [-0.39, 0.29) is 10.8 Å². The number of rotatable bonds is 2. The molecule has 6 aromatic rings. The lowest BCUT2D eigenvalue weighted by Crippen LogP contribution is -2.33. The summed E-state index contributed by atoms with van der Waals surface area (Å²) in [6.07, 6.45) is 11.0. The molecule has 2 heteroatoms. The SMILES string of the molecule is CC1(C)CCC(C)(C)c2cc3c(cc21)oc1cc2ccnc(-c4cc(C5CCCCC5)c5ccccc5c4)c2cc13. The minimum Gasteiger partial charge on any atom is -0.456 e. The van der Waals surface area contributed by atoms with Crippen molar-refractivity contribution in [2.75, 3.05) is 0 Å². The Morgan fingerprint density at radius 3 is 2.15 bits per heavy atom. The van der Waals surface area contributed by atoms with E-state index in [9.17, 15) is 0 Å². The van der Waals surface area contributed by atoms with Gasteiger partial charge in [0.2, 0.25) is 0 Å². The van der Waals surface area contributed by atoms with Crippen molar-refractivity contribution in [1.82, 2.24) is 4.98 Å². The molecule has 2 aromatic heterocycles. The highest BCUT2D eigenvalue weighted by Gasteiger charge is 2.37. The summed E-state index contributed by atoms with van der Waals surface area (Å²) in [5.74, 6) is 0.631. The van der Waals surface area contributed by atoms with Crippen molar-refractivity contribution in [3.8, 4) is 11.3 Å². The molecule has 1 saturated carbocycles. The predicted octanol–water partition coefficient (Wildman–Crippen LogP) is 11.4. The first-order chi connectivity index (χ1) is 19.8. The van der Waals surface area contributed by atoms with Crippen LogP contribution >= 0.6 is 0 Å². The van der Waals surface area contributed by atoms with Crippen LogP contribution in [0.15, 0.2) is 77.3 Å². The first kappa shape index (κ1) is 25.1. The van der Waals surface area contributed by atoms with Crippen LogP contribution in [0.2, 0.25) is 0 Å². The summed E-state index contributed by atoms with van der Waals surface area (Å²) in [6.45, 7) is 9.56. The summed E-state index contributed by atoms with van der Waals surface area (Å²) in [4.78, 5) is 5.02. The maximum absolute atomic E-state index is 6.57. The second-order valence-electron chi connectivity index (χ2n) is 14.1. The minimum atomic E-state index is 0.159. The molecule has 2 nitrogen and oxygen atoms in total. The van der Waals surface area contributed by atoms with Crippen molar-refractivity contribution in [3.63, 3.8) is 0 Å². The Balaban J connectivity index is 1.36. The molecule has 0 aliphatic heterocycles. The zero-order valence-electron chi connectivity index (χ0n) is 24.8. The van der Waals surface area contributed by atoms with E-state index in [4.69, 9.17) is 9.40 Å². The van der Waals surface area contributed by atoms with Gasteiger partial charge in [-0.2, -0.15) is 0 Å². The maximum Gasteiger partial charge on any atom is 0.136 e. The molecule has 0 atom stereocenters. The molecule has 206 valence electrons. The van der Waals surface area contributed by atoms with Gasteiger partial charge in [0, 0.05) is 27.9 Å². The molecule has 1 fully saturated rings. The van der Waals surface area contributed by atoms with E-state index in [2.05, 4.69) is 94.4 Å². The van der Waals surface area contributed by atoms with Gasteiger partial charge in [0.05, 0.1) is 5.69 Å². The van der Waals surface area contributed by atoms with Crippen LogP contribution in [0, 0.1) is 0 Å². The van der Waals surface area contributed by atoms with Gasteiger partial charge in [0.15, 0.2) is 0 Å². The number of benzene rings is 4. The Kier molecular flexibility index (Phi) is 5.46. The van der Waals surface area contributed by atoms with Gasteiger partial charge in [0.1, 0.15) is 11.2 Å². The lowest BCUT2D eigenvalue weighted by molar-refractivity contribution is 0.332. The van der Waals surface area contributed by atoms with E-state index in [0.29, 0.717) is 5.92 Å². The zero-order chi connectivity index (χ0) is 27.9. The van der Waals surface area contributed by atoms with Crippen LogP contribution < -0.4 is 0 Å². The summed E-state index contributed by atoms with van der Waals surface area (Å²) < 4.78 is 6.57. The van der Waals surface area contributed by atoms with Crippen LogP contribution in [-0.4, -0.2) is 4.98 Å². The number of pyridine rings is 1. The van der Waals surface area contributed by atoms with Crippen LogP contribution in [0.5, 0.6) is 0 Å². The molecule has 41 heavy (non-hydrogen) atoms. The molecule has 8 rings (SSSR count). The molecule has 0 amide bonds. The Morgan fingerprint density at radius 2 is 1.34 bits per heavy atom. The van der Waals surface area contributed by atoms with Gasteiger partial charge in [-0.1, -0.05) is 71.2 Å². The largest absolute Gasteiger partial charge is 0.456 e. The number of aromatic nitrogens is 1. The monoisotopic (exact) mass is 537 g/mol. The highest BCUT2D eigenvalue weighted by molar-refractivity contribution is 6.12. The lowest BCUT2D eigenvalue weighted by atomic mass is 9.63. The third-order valence-electron chi connectivity index (χ3n) is 10.5. The number of hydrogen-bond acceptors (Lipinski definition) is 2. The van der Waals surface area contributed by atoms with Crippen molar-refractivity contribution >= 4 is 43.5 Å². The van der Waals surface area contributed by atoms with E-state index < -0.39 is 0 Å². The van der Waals surface area contributed by atoms with Gasteiger partial charge < -0.3 is 4.42 Å². The highest BCUT2D eigenvalue weighted by Crippen LogP contribution is 2.48. The Bertz CT molecular complexity index is 1980. The molecular formula is C39H39NO. The zero-order valence-corrected chi connectivity index (χ0v) is 24.8. The summed E-state index contributed by atoms with van der Waals surface area (Å²) in [5, 5.41) is 7.52. The van der Waals surface area contributed by atoms with Gasteiger partial charge in [-0.25, -0.2) is 0 Å². The summed E-state index contributed by atoms with van der Waals surface area (Å²) in [5.41, 5.74) is 8.99. The highest BCUT2D eigenvalue weighted by atomic mass is 16.3. The molecule has 0 spiro atoms. The molecule has 0 unspecified atom stereocenters. The van der Waals surface area contributed by atoms with Gasteiger partial charge in [-0.15, -0.1) is 0 Å². The Labute approximate surface area is 242 Å². The molecule has 2 aliphatic rings. The quantitative estimate of drug-likeness (QED) is 0.219. The lowest BCUT2D eigenvalue weighted by Gasteiger charge is -2.41. The average molecular weight is 538 g/mol. The fourth-order valence-corrected chi connectivity index (χ4v) is 7.96. The molecule has 0 saturated heterocycles. The topological polar surface area (TPSA) is 26.0 Å². The van der Waals surface area contributed by atoms with E-state index in [1.165, 1.54) is 99.5 Å². The molecular weight excluding hydrogens is 498 g/mol. The Hall–Kier alpha value is -3.65. The van der Waals surface area contributed by atoms with E-state index in [1.54, 1.807) is 0 Å². The van der Waals surface area contributed by atoms with Crippen molar-refractivity contribution in [3.05, 3.63) is 89.6 Å². The molecule has 2 aliphatic carbocycles. The van der Waals surface area contributed by atoms with Gasteiger partial charge in [-0.3, -0.25) is 4.98 Å². The fourth-order valence-electron chi connectivity index (χ4n) is 7.96.